The lowest BCUT2D eigenvalue weighted by Gasteiger charge is -2.08. The Morgan fingerprint density at radius 1 is 1.22 bits per heavy atom. The third kappa shape index (κ3) is 3.09. The van der Waals surface area contributed by atoms with E-state index in [2.05, 4.69) is 5.32 Å². The Bertz CT molecular complexity index is 588. The highest BCUT2D eigenvalue weighted by molar-refractivity contribution is 8.14. The number of carbonyl (C=O) groups is 1. The van der Waals surface area contributed by atoms with Gasteiger partial charge >= 0.3 is 0 Å². The number of rotatable bonds is 3. The van der Waals surface area contributed by atoms with Crippen LogP contribution in [0.2, 0.25) is 10.0 Å². The third-order valence-corrected chi connectivity index (χ3v) is 4.67. The molecule has 0 saturated heterocycles. The average molecular weight is 329 g/mol. The predicted octanol–water partition coefficient (Wildman–Crippen LogP) is 3.27. The summed E-state index contributed by atoms with van der Waals surface area (Å²) >= 11 is 11.6. The maximum absolute atomic E-state index is 11.5. The first-order valence-electron chi connectivity index (χ1n) is 5.03. The molecule has 1 saturated carbocycles. The Kier molecular flexibility index (Phi) is 3.78. The molecular formula is C10H8Cl3NO3S. The summed E-state index contributed by atoms with van der Waals surface area (Å²) in [5.41, 5.74) is 0.353. The number of nitrogens with one attached hydrogen (secondary N) is 1. The van der Waals surface area contributed by atoms with Crippen molar-refractivity contribution in [1.29, 1.82) is 0 Å². The van der Waals surface area contributed by atoms with Gasteiger partial charge in [0.2, 0.25) is 5.91 Å². The van der Waals surface area contributed by atoms with Crippen molar-refractivity contribution in [2.24, 2.45) is 5.92 Å². The van der Waals surface area contributed by atoms with Crippen LogP contribution in [0.25, 0.3) is 0 Å². The molecule has 98 valence electrons. The maximum Gasteiger partial charge on any atom is 0.264 e. The lowest BCUT2D eigenvalue weighted by molar-refractivity contribution is -0.117. The van der Waals surface area contributed by atoms with Crippen LogP contribution >= 0.6 is 33.9 Å². The summed E-state index contributed by atoms with van der Waals surface area (Å²) in [6, 6.07) is 2.62. The number of hydrogen-bond donors (Lipinski definition) is 1. The van der Waals surface area contributed by atoms with Gasteiger partial charge in [-0.3, -0.25) is 4.79 Å². The summed E-state index contributed by atoms with van der Waals surface area (Å²) in [6.45, 7) is 0. The summed E-state index contributed by atoms with van der Waals surface area (Å²) in [5.74, 6) is -0.0948. The van der Waals surface area contributed by atoms with Crippen molar-refractivity contribution >= 4 is 54.5 Å². The van der Waals surface area contributed by atoms with Gasteiger partial charge in [-0.05, 0) is 25.0 Å². The molecule has 1 aliphatic rings. The zero-order valence-electron chi connectivity index (χ0n) is 8.91. The summed E-state index contributed by atoms with van der Waals surface area (Å²) in [5, 5.41) is 2.38. The molecule has 1 aromatic carbocycles. The molecule has 0 unspecified atom stereocenters. The number of halogens is 3. The lowest BCUT2D eigenvalue weighted by Crippen LogP contribution is -2.13. The number of anilines is 1. The van der Waals surface area contributed by atoms with E-state index in [1.54, 1.807) is 0 Å². The normalized spacial score (nSPS) is 15.5. The molecule has 0 bridgehead atoms. The highest BCUT2D eigenvalue weighted by atomic mass is 35.7. The third-order valence-electron chi connectivity index (χ3n) is 2.46. The van der Waals surface area contributed by atoms with Crippen LogP contribution in [0.3, 0.4) is 0 Å². The Balaban J connectivity index is 2.33. The van der Waals surface area contributed by atoms with Crippen molar-refractivity contribution in [2.45, 2.75) is 17.7 Å². The van der Waals surface area contributed by atoms with E-state index in [-0.39, 0.29) is 26.8 Å². The van der Waals surface area contributed by atoms with Gasteiger partial charge in [-0.2, -0.15) is 0 Å². The molecule has 4 nitrogen and oxygen atoms in total. The second-order valence-electron chi connectivity index (χ2n) is 3.97. The first kappa shape index (κ1) is 13.9. The van der Waals surface area contributed by atoms with E-state index in [1.807, 2.05) is 0 Å². The van der Waals surface area contributed by atoms with E-state index < -0.39 is 9.05 Å². The Labute approximate surface area is 119 Å². The van der Waals surface area contributed by atoms with Crippen LogP contribution in [0.1, 0.15) is 12.8 Å². The molecule has 1 aromatic rings. The van der Waals surface area contributed by atoms with Gasteiger partial charge in [0.1, 0.15) is 4.90 Å². The molecule has 1 aliphatic carbocycles. The molecule has 0 radical (unpaired) electrons. The molecule has 1 amide bonds. The molecule has 0 aliphatic heterocycles. The van der Waals surface area contributed by atoms with E-state index in [9.17, 15) is 13.2 Å². The number of benzene rings is 1. The molecule has 1 fully saturated rings. The Morgan fingerprint density at radius 2 is 1.72 bits per heavy atom. The molecule has 2 rings (SSSR count). The highest BCUT2D eigenvalue weighted by Crippen LogP contribution is 2.36. The predicted molar refractivity (Wildman–Crippen MR) is 70.9 cm³/mol. The van der Waals surface area contributed by atoms with Gasteiger partial charge in [0.05, 0.1) is 10.0 Å². The zero-order chi connectivity index (χ0) is 13.5. The fraction of sp³-hybridized carbons (Fsp3) is 0.300. The number of carbonyl (C=O) groups excluding carboxylic acids is 1. The van der Waals surface area contributed by atoms with E-state index >= 15 is 0 Å². The smallest absolute Gasteiger partial charge is 0.264 e. The fourth-order valence-electron chi connectivity index (χ4n) is 1.45. The molecule has 1 N–H and O–H groups in total. The molecule has 18 heavy (non-hydrogen) atoms. The summed E-state index contributed by atoms with van der Waals surface area (Å²) in [4.78, 5) is 11.2. The van der Waals surface area contributed by atoms with Crippen molar-refractivity contribution in [3.63, 3.8) is 0 Å². The van der Waals surface area contributed by atoms with Crippen LogP contribution < -0.4 is 5.32 Å². The first-order chi connectivity index (χ1) is 8.29. The minimum Gasteiger partial charge on any atom is -0.326 e. The Morgan fingerprint density at radius 3 is 2.11 bits per heavy atom. The molecule has 0 heterocycles. The zero-order valence-corrected chi connectivity index (χ0v) is 12.0. The monoisotopic (exact) mass is 327 g/mol. The van der Waals surface area contributed by atoms with Gasteiger partial charge in [-0.1, -0.05) is 23.2 Å². The van der Waals surface area contributed by atoms with Crippen LogP contribution in [0.5, 0.6) is 0 Å². The quantitative estimate of drug-likeness (QED) is 0.866. The molecular weight excluding hydrogens is 321 g/mol. The summed E-state index contributed by atoms with van der Waals surface area (Å²) < 4.78 is 22.5. The van der Waals surface area contributed by atoms with E-state index in [1.165, 1.54) is 12.1 Å². The van der Waals surface area contributed by atoms with Crippen molar-refractivity contribution in [1.82, 2.24) is 0 Å². The maximum atomic E-state index is 11.5. The van der Waals surface area contributed by atoms with Gasteiger partial charge in [0.25, 0.3) is 9.05 Å². The summed E-state index contributed by atoms with van der Waals surface area (Å²) in [6.07, 6.45) is 1.73. The van der Waals surface area contributed by atoms with E-state index in [0.717, 1.165) is 12.8 Å². The second kappa shape index (κ2) is 4.89. The number of amides is 1. The minimum atomic E-state index is -4.02. The van der Waals surface area contributed by atoms with Crippen LogP contribution in [0, 0.1) is 5.92 Å². The van der Waals surface area contributed by atoms with Crippen molar-refractivity contribution in [2.75, 3.05) is 5.32 Å². The molecule has 8 heteroatoms. The standard InChI is InChI=1S/C10H8Cl3NO3S/c11-7-3-6(14-10(15)5-1-2-5)4-8(12)9(7)18(13,16)17/h3-5H,1-2H2,(H,14,15). The van der Waals surface area contributed by atoms with Gasteiger partial charge in [-0.15, -0.1) is 0 Å². The highest BCUT2D eigenvalue weighted by Gasteiger charge is 2.30. The van der Waals surface area contributed by atoms with Crippen molar-refractivity contribution in [3.05, 3.63) is 22.2 Å². The van der Waals surface area contributed by atoms with Crippen LogP contribution in [0.4, 0.5) is 5.69 Å². The van der Waals surface area contributed by atoms with Gasteiger partial charge in [0.15, 0.2) is 0 Å². The Hall–Kier alpha value is -0.490. The van der Waals surface area contributed by atoms with Crippen LogP contribution in [-0.4, -0.2) is 14.3 Å². The van der Waals surface area contributed by atoms with Crippen LogP contribution in [-0.2, 0) is 13.8 Å². The topological polar surface area (TPSA) is 63.2 Å². The van der Waals surface area contributed by atoms with Gasteiger partial charge < -0.3 is 5.32 Å². The molecule has 0 aromatic heterocycles. The molecule has 0 spiro atoms. The van der Waals surface area contributed by atoms with Crippen molar-refractivity contribution < 1.29 is 13.2 Å². The van der Waals surface area contributed by atoms with E-state index in [4.69, 9.17) is 33.9 Å². The van der Waals surface area contributed by atoms with Gasteiger partial charge in [-0.25, -0.2) is 8.42 Å². The largest absolute Gasteiger partial charge is 0.326 e. The van der Waals surface area contributed by atoms with Gasteiger partial charge in [0, 0.05) is 22.3 Å². The minimum absolute atomic E-state index is 0.0268. The molecule has 0 atom stereocenters. The fourth-order valence-corrected chi connectivity index (χ4v) is 3.87. The second-order valence-corrected chi connectivity index (χ2v) is 7.29. The lowest BCUT2D eigenvalue weighted by atomic mass is 10.3. The number of hydrogen-bond acceptors (Lipinski definition) is 3. The van der Waals surface area contributed by atoms with E-state index in [0.29, 0.717) is 5.69 Å². The SMILES string of the molecule is O=C(Nc1cc(Cl)c(S(=O)(=O)Cl)c(Cl)c1)C1CC1. The van der Waals surface area contributed by atoms with Crippen LogP contribution in [0.15, 0.2) is 17.0 Å². The summed E-state index contributed by atoms with van der Waals surface area (Å²) in [7, 11) is 1.19. The average Bonchev–Trinajstić information content (AvgIpc) is 2.95. The first-order valence-corrected chi connectivity index (χ1v) is 8.10. The van der Waals surface area contributed by atoms with Crippen molar-refractivity contribution in [3.8, 4) is 0 Å².